The Morgan fingerprint density at radius 3 is 2.83 bits per heavy atom. The van der Waals surface area contributed by atoms with Crippen molar-refractivity contribution in [1.82, 2.24) is 4.98 Å². The van der Waals surface area contributed by atoms with E-state index >= 15 is 0 Å². The Morgan fingerprint density at radius 1 is 1.44 bits per heavy atom. The predicted octanol–water partition coefficient (Wildman–Crippen LogP) is 3.38. The van der Waals surface area contributed by atoms with Crippen molar-refractivity contribution in [2.45, 2.75) is 39.5 Å². The van der Waals surface area contributed by atoms with Gasteiger partial charge in [-0.15, -0.1) is 0 Å². The summed E-state index contributed by atoms with van der Waals surface area (Å²) in [5, 5.41) is 8.85. The molecule has 0 radical (unpaired) electrons. The number of hydrogen-bond acceptors (Lipinski definition) is 3. The molecule has 100 valence electrons. The molecule has 4 nitrogen and oxygen atoms in total. The van der Waals surface area contributed by atoms with E-state index in [0.717, 1.165) is 12.8 Å². The van der Waals surface area contributed by atoms with Gasteiger partial charge in [-0.1, -0.05) is 33.1 Å². The van der Waals surface area contributed by atoms with E-state index in [1.165, 1.54) is 25.1 Å². The average molecular weight is 251 g/mol. The summed E-state index contributed by atoms with van der Waals surface area (Å²) in [7, 11) is 0. The van der Waals surface area contributed by atoms with E-state index in [0.29, 0.717) is 18.3 Å². The first-order chi connectivity index (χ1) is 8.67. The first-order valence-corrected chi connectivity index (χ1v) is 6.48. The van der Waals surface area contributed by atoms with Crippen LogP contribution < -0.4 is 4.74 Å². The maximum absolute atomic E-state index is 10.8. The van der Waals surface area contributed by atoms with Gasteiger partial charge in [-0.25, -0.2) is 4.79 Å². The molecule has 0 fully saturated rings. The SMILES string of the molecule is CCCCC(CC)COc1cncc(C(=O)O)c1. The van der Waals surface area contributed by atoms with Crippen molar-refractivity contribution in [1.29, 1.82) is 0 Å². The van der Waals surface area contributed by atoms with Gasteiger partial charge in [-0.3, -0.25) is 4.98 Å². The van der Waals surface area contributed by atoms with Crippen LogP contribution in [-0.4, -0.2) is 22.7 Å². The Kier molecular flexibility index (Phi) is 6.19. The molecule has 1 aromatic rings. The molecule has 0 aromatic carbocycles. The predicted molar refractivity (Wildman–Crippen MR) is 70.0 cm³/mol. The van der Waals surface area contributed by atoms with Crippen LogP contribution in [0.2, 0.25) is 0 Å². The van der Waals surface area contributed by atoms with E-state index < -0.39 is 5.97 Å². The molecule has 4 heteroatoms. The molecular weight excluding hydrogens is 230 g/mol. The van der Waals surface area contributed by atoms with Crippen molar-refractivity contribution in [2.75, 3.05) is 6.61 Å². The number of unbranched alkanes of at least 4 members (excludes halogenated alkanes) is 1. The van der Waals surface area contributed by atoms with Crippen LogP contribution in [-0.2, 0) is 0 Å². The van der Waals surface area contributed by atoms with Gasteiger partial charge in [0.15, 0.2) is 0 Å². The third kappa shape index (κ3) is 4.73. The molecule has 0 amide bonds. The quantitative estimate of drug-likeness (QED) is 0.769. The minimum Gasteiger partial charge on any atom is -0.492 e. The van der Waals surface area contributed by atoms with Crippen molar-refractivity contribution in [3.63, 3.8) is 0 Å². The van der Waals surface area contributed by atoms with Crippen LogP contribution in [0, 0.1) is 5.92 Å². The third-order valence-electron chi connectivity index (χ3n) is 2.99. The third-order valence-corrected chi connectivity index (χ3v) is 2.99. The van der Waals surface area contributed by atoms with E-state index in [1.54, 1.807) is 6.20 Å². The lowest BCUT2D eigenvalue weighted by Crippen LogP contribution is -2.11. The highest BCUT2D eigenvalue weighted by atomic mass is 16.5. The number of aromatic carboxylic acids is 1. The first kappa shape index (κ1) is 14.5. The molecule has 0 bridgehead atoms. The summed E-state index contributed by atoms with van der Waals surface area (Å²) in [6.07, 6.45) is 7.50. The highest BCUT2D eigenvalue weighted by molar-refractivity contribution is 5.87. The molecule has 1 aromatic heterocycles. The number of pyridine rings is 1. The minimum absolute atomic E-state index is 0.161. The van der Waals surface area contributed by atoms with Crippen LogP contribution in [0.4, 0.5) is 0 Å². The molecule has 18 heavy (non-hydrogen) atoms. The molecule has 1 rings (SSSR count). The van der Waals surface area contributed by atoms with Crippen molar-refractivity contribution < 1.29 is 14.6 Å². The molecule has 1 atom stereocenters. The lowest BCUT2D eigenvalue weighted by atomic mass is 10.0. The van der Waals surface area contributed by atoms with Crippen LogP contribution >= 0.6 is 0 Å². The summed E-state index contributed by atoms with van der Waals surface area (Å²) >= 11 is 0. The summed E-state index contributed by atoms with van der Waals surface area (Å²) in [6, 6.07) is 1.52. The normalized spacial score (nSPS) is 12.1. The highest BCUT2D eigenvalue weighted by Gasteiger charge is 2.09. The standard InChI is InChI=1S/C14H21NO3/c1-3-5-6-11(4-2)10-18-13-7-12(14(16)17)8-15-9-13/h7-9,11H,3-6,10H2,1-2H3,(H,16,17). The topological polar surface area (TPSA) is 59.4 Å². The molecule has 0 aliphatic carbocycles. The van der Waals surface area contributed by atoms with Crippen LogP contribution in [0.25, 0.3) is 0 Å². The number of carboxylic acid groups (broad SMARTS) is 1. The molecule has 0 aliphatic rings. The van der Waals surface area contributed by atoms with E-state index in [-0.39, 0.29) is 5.56 Å². The second-order valence-electron chi connectivity index (χ2n) is 4.44. The van der Waals surface area contributed by atoms with Gasteiger partial charge in [-0.05, 0) is 18.4 Å². The van der Waals surface area contributed by atoms with Gasteiger partial charge in [0.25, 0.3) is 0 Å². The van der Waals surface area contributed by atoms with Gasteiger partial charge < -0.3 is 9.84 Å². The fraction of sp³-hybridized carbons (Fsp3) is 0.571. The van der Waals surface area contributed by atoms with E-state index in [2.05, 4.69) is 18.8 Å². The van der Waals surface area contributed by atoms with Crippen molar-refractivity contribution >= 4 is 5.97 Å². The van der Waals surface area contributed by atoms with Crippen LogP contribution in [0.5, 0.6) is 5.75 Å². The average Bonchev–Trinajstić information content (AvgIpc) is 2.39. The van der Waals surface area contributed by atoms with Gasteiger partial charge in [-0.2, -0.15) is 0 Å². The number of rotatable bonds is 8. The Morgan fingerprint density at radius 2 is 2.22 bits per heavy atom. The van der Waals surface area contributed by atoms with E-state index in [4.69, 9.17) is 9.84 Å². The Labute approximate surface area is 108 Å². The largest absolute Gasteiger partial charge is 0.492 e. The van der Waals surface area contributed by atoms with Gasteiger partial charge >= 0.3 is 5.97 Å². The van der Waals surface area contributed by atoms with Crippen molar-refractivity contribution in [2.24, 2.45) is 5.92 Å². The number of carbonyl (C=O) groups is 1. The smallest absolute Gasteiger partial charge is 0.337 e. The van der Waals surface area contributed by atoms with Gasteiger partial charge in [0.05, 0.1) is 18.4 Å². The van der Waals surface area contributed by atoms with Crippen molar-refractivity contribution in [3.8, 4) is 5.75 Å². The molecule has 0 aliphatic heterocycles. The number of nitrogens with zero attached hydrogens (tertiary/aromatic N) is 1. The van der Waals surface area contributed by atoms with E-state index in [9.17, 15) is 4.79 Å². The summed E-state index contributed by atoms with van der Waals surface area (Å²) in [6.45, 7) is 4.95. The second-order valence-corrected chi connectivity index (χ2v) is 4.44. The zero-order chi connectivity index (χ0) is 13.4. The zero-order valence-electron chi connectivity index (χ0n) is 11.1. The Hall–Kier alpha value is -1.58. The summed E-state index contributed by atoms with van der Waals surface area (Å²) in [5.41, 5.74) is 0.161. The first-order valence-electron chi connectivity index (χ1n) is 6.48. The molecule has 1 heterocycles. The number of ether oxygens (including phenoxy) is 1. The van der Waals surface area contributed by atoms with Gasteiger partial charge in [0, 0.05) is 6.20 Å². The minimum atomic E-state index is -0.981. The number of hydrogen-bond donors (Lipinski definition) is 1. The summed E-state index contributed by atoms with van der Waals surface area (Å²) in [5.74, 6) is 0.0780. The molecule has 1 unspecified atom stereocenters. The second kappa shape index (κ2) is 7.69. The summed E-state index contributed by atoms with van der Waals surface area (Å²) in [4.78, 5) is 14.7. The fourth-order valence-electron chi connectivity index (χ4n) is 1.73. The lowest BCUT2D eigenvalue weighted by Gasteiger charge is -2.15. The monoisotopic (exact) mass is 251 g/mol. The molecule has 0 spiro atoms. The Bertz CT molecular complexity index is 379. The lowest BCUT2D eigenvalue weighted by molar-refractivity contribution is 0.0695. The molecular formula is C14H21NO3. The fourth-order valence-corrected chi connectivity index (χ4v) is 1.73. The maximum atomic E-state index is 10.8. The maximum Gasteiger partial charge on any atom is 0.337 e. The highest BCUT2D eigenvalue weighted by Crippen LogP contribution is 2.16. The summed E-state index contributed by atoms with van der Waals surface area (Å²) < 4.78 is 5.62. The van der Waals surface area contributed by atoms with Crippen LogP contribution in [0.15, 0.2) is 18.5 Å². The van der Waals surface area contributed by atoms with E-state index in [1.807, 2.05) is 0 Å². The molecule has 0 saturated carbocycles. The van der Waals surface area contributed by atoms with Crippen LogP contribution in [0.3, 0.4) is 0 Å². The van der Waals surface area contributed by atoms with Gasteiger partial charge in [0.2, 0.25) is 0 Å². The zero-order valence-corrected chi connectivity index (χ0v) is 11.1. The Balaban J connectivity index is 2.51. The number of carboxylic acids is 1. The molecule has 0 saturated heterocycles. The van der Waals surface area contributed by atoms with Gasteiger partial charge in [0.1, 0.15) is 5.75 Å². The number of aromatic nitrogens is 1. The van der Waals surface area contributed by atoms with Crippen molar-refractivity contribution in [3.05, 3.63) is 24.0 Å². The van der Waals surface area contributed by atoms with Crippen LogP contribution in [0.1, 0.15) is 49.9 Å². The molecule has 1 N–H and O–H groups in total.